The molecule has 0 aromatic heterocycles. The molecule has 0 saturated carbocycles. The number of piperidine rings is 3. The van der Waals surface area contributed by atoms with Gasteiger partial charge in [-0.05, 0) is 76.0 Å². The zero-order chi connectivity index (χ0) is 25.7. The summed E-state index contributed by atoms with van der Waals surface area (Å²) in [5.74, 6) is -0.794. The predicted octanol–water partition coefficient (Wildman–Crippen LogP) is 3.07. The monoisotopic (exact) mass is 496 g/mol. The number of imide groups is 1. The van der Waals surface area contributed by atoms with Crippen molar-refractivity contribution >= 4 is 29.5 Å². The minimum absolute atomic E-state index is 0.135. The summed E-state index contributed by atoms with van der Waals surface area (Å²) in [5.41, 5.74) is 2.39. The van der Waals surface area contributed by atoms with E-state index in [1.165, 1.54) is 0 Å². The molecule has 4 aliphatic heterocycles. The lowest BCUT2D eigenvalue weighted by atomic mass is 9.71. The van der Waals surface area contributed by atoms with Crippen LogP contribution in [0.3, 0.4) is 0 Å². The Bertz CT molecular complexity index is 1080. The van der Waals surface area contributed by atoms with Gasteiger partial charge in [0, 0.05) is 50.4 Å². The molecule has 4 aliphatic rings. The van der Waals surface area contributed by atoms with Gasteiger partial charge < -0.3 is 19.4 Å². The van der Waals surface area contributed by atoms with Crippen LogP contribution in [0.4, 0.5) is 10.5 Å². The molecule has 194 valence electrons. The first-order valence-electron chi connectivity index (χ1n) is 13.0. The summed E-state index contributed by atoms with van der Waals surface area (Å²) in [6.45, 7) is 9.38. The molecule has 36 heavy (non-hydrogen) atoms. The summed E-state index contributed by atoms with van der Waals surface area (Å²) < 4.78 is 5.54. The third-order valence-corrected chi connectivity index (χ3v) is 8.18. The topological polar surface area (TPSA) is 99.3 Å². The maximum absolute atomic E-state index is 13.2. The molecule has 4 heterocycles. The molecule has 1 aromatic carbocycles. The Kier molecular flexibility index (Phi) is 6.21. The molecule has 3 saturated heterocycles. The molecular weight excluding hydrogens is 460 g/mol. The number of amides is 4. The van der Waals surface area contributed by atoms with Crippen molar-refractivity contribution in [2.45, 2.75) is 77.5 Å². The van der Waals surface area contributed by atoms with Crippen molar-refractivity contribution in [3.8, 4) is 0 Å². The largest absolute Gasteiger partial charge is 0.444 e. The minimum Gasteiger partial charge on any atom is -0.444 e. The van der Waals surface area contributed by atoms with Gasteiger partial charge in [-0.25, -0.2) is 4.79 Å². The fraction of sp³-hybridized carbons (Fsp3) is 0.630. The summed E-state index contributed by atoms with van der Waals surface area (Å²) in [7, 11) is 0. The predicted molar refractivity (Wildman–Crippen MR) is 133 cm³/mol. The van der Waals surface area contributed by atoms with Crippen LogP contribution in [-0.2, 0) is 20.9 Å². The van der Waals surface area contributed by atoms with Gasteiger partial charge in [0.05, 0.1) is 0 Å². The maximum Gasteiger partial charge on any atom is 0.410 e. The van der Waals surface area contributed by atoms with E-state index in [-0.39, 0.29) is 35.7 Å². The quantitative estimate of drug-likeness (QED) is 0.632. The summed E-state index contributed by atoms with van der Waals surface area (Å²) in [4.78, 5) is 55.2. The molecule has 0 aliphatic carbocycles. The summed E-state index contributed by atoms with van der Waals surface area (Å²) in [6.07, 6.45) is 4.51. The second kappa shape index (κ2) is 9.09. The lowest BCUT2D eigenvalue weighted by molar-refractivity contribution is -0.136. The summed E-state index contributed by atoms with van der Waals surface area (Å²) in [5, 5.41) is 2.35. The third-order valence-electron chi connectivity index (χ3n) is 8.18. The first kappa shape index (κ1) is 24.6. The van der Waals surface area contributed by atoms with E-state index in [1.807, 2.05) is 37.8 Å². The van der Waals surface area contributed by atoms with E-state index in [9.17, 15) is 19.2 Å². The Morgan fingerprint density at radius 2 is 1.69 bits per heavy atom. The van der Waals surface area contributed by atoms with Gasteiger partial charge in [0.25, 0.3) is 5.91 Å². The highest BCUT2D eigenvalue weighted by molar-refractivity contribution is 6.05. The van der Waals surface area contributed by atoms with Gasteiger partial charge in [0.1, 0.15) is 11.6 Å². The molecule has 1 aromatic rings. The van der Waals surface area contributed by atoms with E-state index in [0.29, 0.717) is 18.5 Å². The van der Waals surface area contributed by atoms with Crippen molar-refractivity contribution < 1.29 is 23.9 Å². The second-order valence-corrected chi connectivity index (χ2v) is 11.7. The zero-order valence-electron chi connectivity index (χ0n) is 21.5. The molecule has 9 nitrogen and oxygen atoms in total. The third kappa shape index (κ3) is 4.80. The number of nitrogens with zero attached hydrogens (tertiary/aromatic N) is 3. The summed E-state index contributed by atoms with van der Waals surface area (Å²) >= 11 is 0. The Balaban J connectivity index is 1.18. The van der Waals surface area contributed by atoms with Crippen LogP contribution in [0.1, 0.15) is 75.2 Å². The SMILES string of the molecule is CC(C)(C)OC(=O)N1CCC2(CC1)CCN(c1ccc3c(c1)C(=O)N([C@@H]1CCC(=O)NC1=O)C3)CC2. The number of rotatable bonds is 2. The Morgan fingerprint density at radius 3 is 2.33 bits per heavy atom. The van der Waals surface area contributed by atoms with Crippen LogP contribution in [0.2, 0.25) is 0 Å². The lowest BCUT2D eigenvalue weighted by Crippen LogP contribution is -2.52. The second-order valence-electron chi connectivity index (χ2n) is 11.7. The highest BCUT2D eigenvalue weighted by atomic mass is 16.6. The van der Waals surface area contributed by atoms with Crippen LogP contribution in [0.5, 0.6) is 0 Å². The van der Waals surface area contributed by atoms with Crippen molar-refractivity contribution in [3.05, 3.63) is 29.3 Å². The van der Waals surface area contributed by atoms with Crippen LogP contribution in [-0.4, -0.2) is 71.4 Å². The molecule has 4 amide bonds. The summed E-state index contributed by atoms with van der Waals surface area (Å²) in [6, 6.07) is 5.45. The van der Waals surface area contributed by atoms with E-state index in [2.05, 4.69) is 16.3 Å². The molecule has 1 N–H and O–H groups in total. The van der Waals surface area contributed by atoms with E-state index in [0.717, 1.165) is 63.1 Å². The van der Waals surface area contributed by atoms with Gasteiger partial charge in [0.15, 0.2) is 0 Å². The van der Waals surface area contributed by atoms with Crippen molar-refractivity contribution in [1.29, 1.82) is 0 Å². The Hall–Kier alpha value is -3.10. The number of anilines is 1. The zero-order valence-corrected chi connectivity index (χ0v) is 21.5. The normalized spacial score (nSPS) is 24.1. The molecule has 0 bridgehead atoms. The Labute approximate surface area is 212 Å². The molecule has 1 spiro atoms. The number of benzene rings is 1. The van der Waals surface area contributed by atoms with Crippen molar-refractivity contribution in [1.82, 2.24) is 15.1 Å². The minimum atomic E-state index is -0.590. The van der Waals surface area contributed by atoms with Crippen molar-refractivity contribution in [2.75, 3.05) is 31.1 Å². The van der Waals surface area contributed by atoms with E-state index in [4.69, 9.17) is 4.74 Å². The number of carbonyl (C=O) groups is 4. The molecule has 0 radical (unpaired) electrons. The number of carbonyl (C=O) groups excluding carboxylic acids is 4. The Morgan fingerprint density at radius 1 is 1.03 bits per heavy atom. The van der Waals surface area contributed by atoms with Gasteiger partial charge in [-0.2, -0.15) is 0 Å². The average molecular weight is 497 g/mol. The average Bonchev–Trinajstić information content (AvgIpc) is 3.14. The van der Waals surface area contributed by atoms with Gasteiger partial charge in [-0.15, -0.1) is 0 Å². The van der Waals surface area contributed by atoms with Gasteiger partial charge in [-0.1, -0.05) is 6.07 Å². The molecule has 5 rings (SSSR count). The molecule has 3 fully saturated rings. The maximum atomic E-state index is 13.2. The van der Waals surface area contributed by atoms with Crippen molar-refractivity contribution in [3.63, 3.8) is 0 Å². The van der Waals surface area contributed by atoms with E-state index >= 15 is 0 Å². The van der Waals surface area contributed by atoms with E-state index < -0.39 is 11.6 Å². The molecular formula is C27H36N4O5. The highest BCUT2D eigenvalue weighted by Crippen LogP contribution is 2.43. The van der Waals surface area contributed by atoms with Gasteiger partial charge in [0.2, 0.25) is 11.8 Å². The number of hydrogen-bond acceptors (Lipinski definition) is 6. The number of likely N-dealkylation sites (tertiary alicyclic amines) is 1. The fourth-order valence-corrected chi connectivity index (χ4v) is 5.97. The van der Waals surface area contributed by atoms with Crippen LogP contribution in [0, 0.1) is 5.41 Å². The van der Waals surface area contributed by atoms with Crippen LogP contribution < -0.4 is 10.2 Å². The van der Waals surface area contributed by atoms with Crippen LogP contribution in [0.15, 0.2) is 18.2 Å². The lowest BCUT2D eigenvalue weighted by Gasteiger charge is -2.47. The van der Waals surface area contributed by atoms with Crippen LogP contribution >= 0.6 is 0 Å². The molecule has 1 atom stereocenters. The number of fused-ring (bicyclic) bond motifs is 1. The van der Waals surface area contributed by atoms with Crippen LogP contribution in [0.25, 0.3) is 0 Å². The van der Waals surface area contributed by atoms with Gasteiger partial charge >= 0.3 is 6.09 Å². The smallest absolute Gasteiger partial charge is 0.410 e. The first-order chi connectivity index (χ1) is 17.0. The van der Waals surface area contributed by atoms with E-state index in [1.54, 1.807) is 4.90 Å². The standard InChI is InChI=1S/C27H36N4O5/c1-26(2,3)36-25(35)30-14-10-27(11-15-30)8-12-29(13-9-27)19-5-4-18-17-31(24(34)20(18)16-19)21-6-7-22(32)28-23(21)33/h4-5,16,21H,6-15,17H2,1-3H3,(H,28,32,33)/t21-/m1/s1. The number of ether oxygens (including phenoxy) is 1. The van der Waals surface area contributed by atoms with Crippen molar-refractivity contribution in [2.24, 2.45) is 5.41 Å². The molecule has 0 unspecified atom stereocenters. The fourth-order valence-electron chi connectivity index (χ4n) is 5.97. The number of hydrogen-bond donors (Lipinski definition) is 1. The molecule has 9 heteroatoms. The van der Waals surface area contributed by atoms with Gasteiger partial charge in [-0.3, -0.25) is 19.7 Å². The highest BCUT2D eigenvalue weighted by Gasteiger charge is 2.41. The first-order valence-corrected chi connectivity index (χ1v) is 13.0. The number of nitrogens with one attached hydrogen (secondary N) is 1.